The average Bonchev–Trinajstić information content (AvgIpc) is 3.17. The molecule has 2 aromatic rings. The van der Waals surface area contributed by atoms with Gasteiger partial charge in [-0.3, -0.25) is 4.79 Å². The maximum atomic E-state index is 11.8. The number of likely N-dealkylation sites (N-methyl/N-ethyl adjacent to an activating group) is 1. The summed E-state index contributed by atoms with van der Waals surface area (Å²) in [7, 11) is 5.12. The third-order valence-corrected chi connectivity index (χ3v) is 4.62. The van der Waals surface area contributed by atoms with Crippen LogP contribution in [0.2, 0.25) is 0 Å². The number of benzene rings is 1. The minimum atomic E-state index is -0.0302. The summed E-state index contributed by atoms with van der Waals surface area (Å²) < 4.78 is 5.17. The molecule has 8 heteroatoms. The number of hydrogen-bond donors (Lipinski definition) is 2. The van der Waals surface area contributed by atoms with Gasteiger partial charge in [-0.25, -0.2) is 4.99 Å². The Hall–Kier alpha value is -1.81. The second kappa shape index (κ2) is 12.6. The van der Waals surface area contributed by atoms with E-state index in [0.717, 1.165) is 18.7 Å². The number of rotatable bonds is 8. The number of nitrogens with zero attached hydrogens (tertiary/aromatic N) is 2. The monoisotopic (exact) mass is 502 g/mol. The second-order valence-corrected chi connectivity index (χ2v) is 6.94. The molecule has 1 amide bonds. The lowest BCUT2D eigenvalue weighted by Gasteiger charge is -2.13. The van der Waals surface area contributed by atoms with E-state index >= 15 is 0 Å². The average molecular weight is 502 g/mol. The fraction of sp³-hybridized carbons (Fsp3) is 0.368. The Bertz CT molecular complexity index is 703. The van der Waals surface area contributed by atoms with Gasteiger partial charge in [-0.15, -0.1) is 35.3 Å². The van der Waals surface area contributed by atoms with Crippen LogP contribution in [0.15, 0.2) is 46.8 Å². The van der Waals surface area contributed by atoms with Crippen molar-refractivity contribution in [1.29, 1.82) is 0 Å². The van der Waals surface area contributed by atoms with Gasteiger partial charge in [-0.1, -0.05) is 18.2 Å². The van der Waals surface area contributed by atoms with Crippen molar-refractivity contribution >= 4 is 47.2 Å². The summed E-state index contributed by atoms with van der Waals surface area (Å²) in [6.07, 6.45) is 0.853. The van der Waals surface area contributed by atoms with E-state index in [0.29, 0.717) is 12.5 Å². The summed E-state index contributed by atoms with van der Waals surface area (Å²) in [5.41, 5.74) is 1.21. The van der Waals surface area contributed by atoms with E-state index in [9.17, 15) is 4.79 Å². The fourth-order valence-electron chi connectivity index (χ4n) is 2.16. The van der Waals surface area contributed by atoms with Crippen LogP contribution in [0.3, 0.4) is 0 Å². The van der Waals surface area contributed by atoms with Crippen LogP contribution in [-0.4, -0.2) is 51.1 Å². The van der Waals surface area contributed by atoms with Gasteiger partial charge in [0.25, 0.3) is 0 Å². The quantitative estimate of drug-likeness (QED) is 0.331. The molecule has 0 spiro atoms. The van der Waals surface area contributed by atoms with Crippen molar-refractivity contribution in [3.05, 3.63) is 52.2 Å². The summed E-state index contributed by atoms with van der Waals surface area (Å²) in [6.45, 7) is 1.52. The predicted octanol–water partition coefficient (Wildman–Crippen LogP) is 2.74. The summed E-state index contributed by atoms with van der Waals surface area (Å²) in [5.74, 6) is 1.46. The molecular weight excluding hydrogens is 475 g/mol. The highest BCUT2D eigenvalue weighted by Crippen LogP contribution is 2.11. The lowest BCUT2D eigenvalue weighted by Crippen LogP contribution is -2.39. The van der Waals surface area contributed by atoms with Gasteiger partial charge in [0.2, 0.25) is 5.91 Å². The first-order chi connectivity index (χ1) is 12.6. The molecule has 6 nitrogen and oxygen atoms in total. The first-order valence-electron chi connectivity index (χ1n) is 8.46. The van der Waals surface area contributed by atoms with Crippen molar-refractivity contribution in [2.75, 3.05) is 34.3 Å². The highest BCUT2D eigenvalue weighted by atomic mass is 127. The Labute approximate surface area is 182 Å². The Morgan fingerprint density at radius 2 is 1.93 bits per heavy atom. The van der Waals surface area contributed by atoms with Crippen LogP contribution < -0.4 is 15.4 Å². The number of methoxy groups -OCH3 is 1. The number of hydrogen-bond acceptors (Lipinski definition) is 4. The van der Waals surface area contributed by atoms with Crippen LogP contribution in [-0.2, 0) is 17.8 Å². The number of thiophene rings is 1. The molecule has 1 aromatic carbocycles. The van der Waals surface area contributed by atoms with Crippen LogP contribution in [0.1, 0.15) is 10.4 Å². The zero-order valence-electron chi connectivity index (χ0n) is 15.9. The molecule has 148 valence electrons. The Morgan fingerprint density at radius 1 is 1.19 bits per heavy atom. The molecule has 2 rings (SSSR count). The molecule has 0 saturated carbocycles. The van der Waals surface area contributed by atoms with Gasteiger partial charge >= 0.3 is 0 Å². The number of aliphatic imine (C=N–C) groups is 1. The largest absolute Gasteiger partial charge is 0.497 e. The number of carbonyl (C=O) groups excluding carboxylic acids is 1. The van der Waals surface area contributed by atoms with Gasteiger partial charge in [-0.05, 0) is 35.6 Å². The predicted molar refractivity (Wildman–Crippen MR) is 122 cm³/mol. The van der Waals surface area contributed by atoms with Gasteiger partial charge < -0.3 is 20.3 Å². The lowest BCUT2D eigenvalue weighted by molar-refractivity contribution is -0.127. The second-order valence-electron chi connectivity index (χ2n) is 5.91. The molecule has 1 heterocycles. The summed E-state index contributed by atoms with van der Waals surface area (Å²) >= 11 is 1.69. The fourth-order valence-corrected chi connectivity index (χ4v) is 2.81. The molecule has 0 aliphatic rings. The Kier molecular flexibility index (Phi) is 10.8. The van der Waals surface area contributed by atoms with E-state index in [1.807, 2.05) is 35.7 Å². The maximum absolute atomic E-state index is 11.8. The standard InChI is InChI=1S/C19H26N4O2S.HI/c1-23(2)18(24)14-22-19(21-13-17-5-4-12-26-17)20-11-10-15-6-8-16(25-3)9-7-15;/h4-9,12H,10-11,13-14H2,1-3H3,(H2,20,21,22);1H. The van der Waals surface area contributed by atoms with Crippen molar-refractivity contribution in [3.8, 4) is 5.75 Å². The van der Waals surface area contributed by atoms with Crippen molar-refractivity contribution in [1.82, 2.24) is 15.5 Å². The van der Waals surface area contributed by atoms with Gasteiger partial charge in [-0.2, -0.15) is 0 Å². The molecule has 0 aliphatic carbocycles. The van der Waals surface area contributed by atoms with Gasteiger partial charge in [0.1, 0.15) is 12.3 Å². The van der Waals surface area contributed by atoms with Crippen molar-refractivity contribution in [2.24, 2.45) is 4.99 Å². The molecular formula is C19H27IN4O2S. The molecule has 1 aromatic heterocycles. The zero-order valence-corrected chi connectivity index (χ0v) is 19.0. The van der Waals surface area contributed by atoms with E-state index in [1.165, 1.54) is 15.3 Å². The zero-order chi connectivity index (χ0) is 18.8. The van der Waals surface area contributed by atoms with Crippen molar-refractivity contribution < 1.29 is 9.53 Å². The van der Waals surface area contributed by atoms with E-state index in [4.69, 9.17) is 4.74 Å². The van der Waals surface area contributed by atoms with Crippen LogP contribution >= 0.6 is 35.3 Å². The van der Waals surface area contributed by atoms with Gasteiger partial charge in [0.15, 0.2) is 5.96 Å². The molecule has 0 unspecified atom stereocenters. The number of halogens is 1. The number of guanidine groups is 1. The van der Waals surface area contributed by atoms with Crippen LogP contribution in [0.5, 0.6) is 5.75 Å². The summed E-state index contributed by atoms with van der Waals surface area (Å²) in [5, 5.41) is 8.62. The SMILES string of the molecule is COc1ccc(CCNC(=NCC(=O)N(C)C)NCc2cccs2)cc1.I. The number of carbonyl (C=O) groups is 1. The maximum Gasteiger partial charge on any atom is 0.243 e. The smallest absolute Gasteiger partial charge is 0.243 e. The molecule has 0 aliphatic heterocycles. The first kappa shape index (κ1) is 23.2. The van der Waals surface area contributed by atoms with Crippen molar-refractivity contribution in [2.45, 2.75) is 13.0 Å². The molecule has 0 bridgehead atoms. The van der Waals surface area contributed by atoms with Crippen LogP contribution in [0, 0.1) is 0 Å². The van der Waals surface area contributed by atoms with Gasteiger partial charge in [0.05, 0.1) is 13.7 Å². The normalized spacial score (nSPS) is 10.7. The van der Waals surface area contributed by atoms with Crippen LogP contribution in [0.25, 0.3) is 0 Å². The highest BCUT2D eigenvalue weighted by molar-refractivity contribution is 14.0. The van der Waals surface area contributed by atoms with E-state index in [-0.39, 0.29) is 36.4 Å². The molecule has 0 fully saturated rings. The Morgan fingerprint density at radius 3 is 2.52 bits per heavy atom. The topological polar surface area (TPSA) is 66.0 Å². The molecule has 0 radical (unpaired) electrons. The Balaban J connectivity index is 0.00000364. The highest BCUT2D eigenvalue weighted by Gasteiger charge is 2.05. The molecule has 0 saturated heterocycles. The third-order valence-electron chi connectivity index (χ3n) is 3.75. The summed E-state index contributed by atoms with van der Waals surface area (Å²) in [6, 6.07) is 12.1. The lowest BCUT2D eigenvalue weighted by atomic mass is 10.1. The third kappa shape index (κ3) is 8.61. The van der Waals surface area contributed by atoms with E-state index in [2.05, 4.69) is 21.7 Å². The minimum absolute atomic E-state index is 0. The van der Waals surface area contributed by atoms with Crippen LogP contribution in [0.4, 0.5) is 0 Å². The first-order valence-corrected chi connectivity index (χ1v) is 9.34. The summed E-state index contributed by atoms with van der Waals surface area (Å²) in [4.78, 5) is 18.9. The molecule has 2 N–H and O–H groups in total. The number of nitrogens with one attached hydrogen (secondary N) is 2. The minimum Gasteiger partial charge on any atom is -0.497 e. The van der Waals surface area contributed by atoms with Gasteiger partial charge in [0, 0.05) is 25.5 Å². The van der Waals surface area contributed by atoms with E-state index in [1.54, 1.807) is 32.5 Å². The molecule has 0 atom stereocenters. The van der Waals surface area contributed by atoms with E-state index < -0.39 is 0 Å². The molecule has 27 heavy (non-hydrogen) atoms. The number of amides is 1. The van der Waals surface area contributed by atoms with Crippen molar-refractivity contribution in [3.63, 3.8) is 0 Å². The number of ether oxygens (including phenoxy) is 1.